The average Bonchev–Trinajstić information content (AvgIpc) is 2.88. The predicted molar refractivity (Wildman–Crippen MR) is 129 cm³/mol. The summed E-state index contributed by atoms with van der Waals surface area (Å²) in [6, 6.07) is 16.0. The first-order chi connectivity index (χ1) is 16.1. The maximum absolute atomic E-state index is 14.1. The van der Waals surface area contributed by atoms with E-state index < -0.39 is 0 Å². The zero-order chi connectivity index (χ0) is 23.2. The predicted octanol–water partition coefficient (Wildman–Crippen LogP) is 3.78. The van der Waals surface area contributed by atoms with Crippen molar-refractivity contribution in [3.63, 3.8) is 0 Å². The van der Waals surface area contributed by atoms with E-state index in [0.29, 0.717) is 32.3 Å². The number of morpholine rings is 2. The van der Waals surface area contributed by atoms with Gasteiger partial charge < -0.3 is 14.2 Å². The molecule has 0 radical (unpaired) electrons. The highest BCUT2D eigenvalue weighted by molar-refractivity contribution is 6.00. The number of nitrogens with zero attached hydrogens (tertiary/aromatic N) is 2. The third-order valence-electron chi connectivity index (χ3n) is 6.77. The lowest BCUT2D eigenvalue weighted by molar-refractivity contribution is -0.0301. The maximum atomic E-state index is 14.1. The summed E-state index contributed by atoms with van der Waals surface area (Å²) in [5.41, 5.74) is 3.14. The lowest BCUT2D eigenvalue weighted by Crippen LogP contribution is -2.55. The Bertz CT molecular complexity index is 885. The van der Waals surface area contributed by atoms with Gasteiger partial charge in [0.1, 0.15) is 5.75 Å². The number of methoxy groups -OCH3 is 1. The Labute approximate surface area is 197 Å². The number of benzene rings is 2. The van der Waals surface area contributed by atoms with Crippen LogP contribution in [-0.2, 0) is 9.47 Å². The van der Waals surface area contributed by atoms with E-state index in [-0.39, 0.29) is 17.9 Å². The van der Waals surface area contributed by atoms with Crippen LogP contribution >= 0.6 is 0 Å². The minimum absolute atomic E-state index is 0.0739. The van der Waals surface area contributed by atoms with Crippen molar-refractivity contribution >= 4 is 5.78 Å². The molecule has 0 saturated carbocycles. The highest BCUT2D eigenvalue weighted by Gasteiger charge is 2.39. The lowest BCUT2D eigenvalue weighted by Gasteiger charge is -2.44. The topological polar surface area (TPSA) is 51.2 Å². The van der Waals surface area contributed by atoms with Crippen LogP contribution < -0.4 is 4.74 Å². The molecule has 178 valence electrons. The third-order valence-corrected chi connectivity index (χ3v) is 6.77. The second kappa shape index (κ2) is 11.3. The molecule has 4 rings (SSSR count). The van der Waals surface area contributed by atoms with Crippen molar-refractivity contribution in [3.05, 3.63) is 65.2 Å². The zero-order valence-electron chi connectivity index (χ0n) is 20.0. The summed E-state index contributed by atoms with van der Waals surface area (Å²) in [5.74, 6) is 1.42. The standard InChI is InChI=1S/C27H36N2O4/c1-20(2)21-4-6-23(7-5-21)27(30)26(29-14-18-33-19-15-29)25(28-12-16-32-17-13-28)22-8-10-24(31-3)11-9-22/h4-11,20,25-26H,12-19H2,1-3H3/t25-,26+/m1/s1. The van der Waals surface area contributed by atoms with Gasteiger partial charge in [0.2, 0.25) is 0 Å². The van der Waals surface area contributed by atoms with E-state index in [1.54, 1.807) is 7.11 Å². The molecule has 2 aliphatic rings. The van der Waals surface area contributed by atoms with Crippen LogP contribution in [0, 0.1) is 0 Å². The molecule has 0 bridgehead atoms. The van der Waals surface area contributed by atoms with E-state index in [0.717, 1.165) is 43.1 Å². The first-order valence-electron chi connectivity index (χ1n) is 12.0. The van der Waals surface area contributed by atoms with E-state index in [9.17, 15) is 4.79 Å². The lowest BCUT2D eigenvalue weighted by atomic mass is 9.88. The molecule has 2 atom stereocenters. The summed E-state index contributed by atoms with van der Waals surface area (Å²) in [5, 5.41) is 0. The molecular weight excluding hydrogens is 416 g/mol. The number of ketones is 1. The highest BCUT2D eigenvalue weighted by atomic mass is 16.5. The van der Waals surface area contributed by atoms with Crippen molar-refractivity contribution in [1.29, 1.82) is 0 Å². The molecule has 2 saturated heterocycles. The molecule has 0 aromatic heterocycles. The molecule has 2 heterocycles. The van der Waals surface area contributed by atoms with Gasteiger partial charge in [0.25, 0.3) is 0 Å². The summed E-state index contributed by atoms with van der Waals surface area (Å²) in [7, 11) is 1.68. The smallest absolute Gasteiger partial charge is 0.181 e. The van der Waals surface area contributed by atoms with E-state index >= 15 is 0 Å². The largest absolute Gasteiger partial charge is 0.497 e. The van der Waals surface area contributed by atoms with E-state index in [2.05, 4.69) is 47.9 Å². The minimum Gasteiger partial charge on any atom is -0.497 e. The van der Waals surface area contributed by atoms with Gasteiger partial charge in [-0.05, 0) is 29.2 Å². The average molecular weight is 453 g/mol. The molecule has 0 aliphatic carbocycles. The Morgan fingerprint density at radius 2 is 1.30 bits per heavy atom. The fraction of sp³-hybridized carbons (Fsp3) is 0.519. The van der Waals surface area contributed by atoms with Gasteiger partial charge in [-0.3, -0.25) is 14.6 Å². The molecule has 6 nitrogen and oxygen atoms in total. The van der Waals surface area contributed by atoms with Crippen LogP contribution in [0.2, 0.25) is 0 Å². The number of hydrogen-bond donors (Lipinski definition) is 0. The SMILES string of the molecule is COc1ccc([C@H]([C@@H](C(=O)c2ccc(C(C)C)cc2)N2CCOCC2)N2CCOCC2)cc1. The number of hydrogen-bond acceptors (Lipinski definition) is 6. The number of ether oxygens (including phenoxy) is 3. The van der Waals surface area contributed by atoms with E-state index in [1.165, 1.54) is 5.56 Å². The molecule has 0 spiro atoms. The molecular formula is C27H36N2O4. The van der Waals surface area contributed by atoms with Crippen LogP contribution in [0.1, 0.15) is 47.3 Å². The zero-order valence-corrected chi connectivity index (χ0v) is 20.0. The fourth-order valence-corrected chi connectivity index (χ4v) is 4.82. The number of Topliss-reactive ketones (excluding diaryl/α,β-unsaturated/α-hetero) is 1. The minimum atomic E-state index is -0.301. The molecule has 0 amide bonds. The van der Waals surface area contributed by atoms with Crippen LogP contribution in [-0.4, -0.2) is 81.3 Å². The Kier molecular flexibility index (Phi) is 8.15. The maximum Gasteiger partial charge on any atom is 0.181 e. The van der Waals surface area contributed by atoms with Crippen LogP contribution in [0.15, 0.2) is 48.5 Å². The molecule has 2 aromatic carbocycles. The number of rotatable bonds is 8. The van der Waals surface area contributed by atoms with Crippen molar-refractivity contribution in [2.45, 2.75) is 31.8 Å². The number of carbonyl (C=O) groups excluding carboxylic acids is 1. The summed E-state index contributed by atoms with van der Waals surface area (Å²) < 4.78 is 16.7. The quantitative estimate of drug-likeness (QED) is 0.569. The summed E-state index contributed by atoms with van der Waals surface area (Å²) in [4.78, 5) is 18.9. The van der Waals surface area contributed by atoms with Gasteiger partial charge in [-0.25, -0.2) is 0 Å². The monoisotopic (exact) mass is 452 g/mol. The van der Waals surface area contributed by atoms with E-state index in [4.69, 9.17) is 14.2 Å². The van der Waals surface area contributed by atoms with Crippen molar-refractivity contribution < 1.29 is 19.0 Å². The molecule has 33 heavy (non-hydrogen) atoms. The van der Waals surface area contributed by atoms with Crippen LogP contribution in [0.3, 0.4) is 0 Å². The molecule has 6 heteroatoms. The normalized spacial score (nSPS) is 19.9. The van der Waals surface area contributed by atoms with Crippen LogP contribution in [0.5, 0.6) is 5.75 Å². The molecule has 0 N–H and O–H groups in total. The van der Waals surface area contributed by atoms with Gasteiger partial charge in [0.15, 0.2) is 5.78 Å². The van der Waals surface area contributed by atoms with Gasteiger partial charge in [0, 0.05) is 31.7 Å². The van der Waals surface area contributed by atoms with Gasteiger partial charge in [-0.15, -0.1) is 0 Å². The van der Waals surface area contributed by atoms with Gasteiger partial charge in [-0.1, -0.05) is 50.2 Å². The van der Waals surface area contributed by atoms with Crippen LogP contribution in [0.4, 0.5) is 0 Å². The van der Waals surface area contributed by atoms with Crippen molar-refractivity contribution in [1.82, 2.24) is 9.80 Å². The Balaban J connectivity index is 1.74. The van der Waals surface area contributed by atoms with Crippen molar-refractivity contribution in [2.75, 3.05) is 59.7 Å². The van der Waals surface area contributed by atoms with Crippen LogP contribution in [0.25, 0.3) is 0 Å². The first-order valence-corrected chi connectivity index (χ1v) is 12.0. The Morgan fingerprint density at radius 3 is 1.82 bits per heavy atom. The second-order valence-electron chi connectivity index (χ2n) is 9.10. The van der Waals surface area contributed by atoms with Gasteiger partial charge in [0.05, 0.1) is 45.6 Å². The Hall–Kier alpha value is -2.25. The molecule has 2 aliphatic heterocycles. The van der Waals surface area contributed by atoms with Crippen molar-refractivity contribution in [2.24, 2.45) is 0 Å². The van der Waals surface area contributed by atoms with Gasteiger partial charge >= 0.3 is 0 Å². The Morgan fingerprint density at radius 1 is 0.788 bits per heavy atom. The second-order valence-corrected chi connectivity index (χ2v) is 9.10. The van der Waals surface area contributed by atoms with Gasteiger partial charge in [-0.2, -0.15) is 0 Å². The first kappa shape index (κ1) is 23.9. The summed E-state index contributed by atoms with van der Waals surface area (Å²) >= 11 is 0. The summed E-state index contributed by atoms with van der Waals surface area (Å²) in [6.07, 6.45) is 0. The third kappa shape index (κ3) is 5.64. The molecule has 2 aromatic rings. The van der Waals surface area contributed by atoms with Crippen molar-refractivity contribution in [3.8, 4) is 5.75 Å². The van der Waals surface area contributed by atoms with E-state index in [1.807, 2.05) is 24.3 Å². The summed E-state index contributed by atoms with van der Waals surface area (Å²) in [6.45, 7) is 10.1. The molecule has 2 fully saturated rings. The number of carbonyl (C=O) groups is 1. The highest BCUT2D eigenvalue weighted by Crippen LogP contribution is 2.33. The molecule has 0 unspecified atom stereocenters. The fourth-order valence-electron chi connectivity index (χ4n) is 4.82.